The van der Waals surface area contributed by atoms with E-state index < -0.39 is 35.8 Å². The number of hydrogen-bond donors (Lipinski definition) is 0. The normalized spacial score (nSPS) is 11.5. The molecule has 1 aromatic heterocycles. The molecular formula is C45H66N6O12. The molecule has 18 nitrogen and oxygen atoms in total. The van der Waals surface area contributed by atoms with Gasteiger partial charge in [-0.3, -0.25) is 0 Å². The average molecular weight is 883 g/mol. The number of ether oxygens (including phenoxy) is 6. The van der Waals surface area contributed by atoms with Gasteiger partial charge in [0, 0.05) is 75.7 Å². The Morgan fingerprint density at radius 2 is 0.492 bits per heavy atom. The third kappa shape index (κ3) is 26.6. The van der Waals surface area contributed by atoms with Gasteiger partial charge in [-0.05, 0) is 80.1 Å². The van der Waals surface area contributed by atoms with Crippen molar-refractivity contribution in [2.75, 3.05) is 93.6 Å². The zero-order chi connectivity index (χ0) is 46.5. The number of aromatic nitrogens is 3. The Kier molecular flexibility index (Phi) is 30.6. The average Bonchev–Trinajstić information content (AvgIpc) is 3.25. The van der Waals surface area contributed by atoms with E-state index in [2.05, 4.69) is 0 Å². The van der Waals surface area contributed by atoms with Crippen LogP contribution in [0.25, 0.3) is 0 Å². The second kappa shape index (κ2) is 35.3. The van der Waals surface area contributed by atoms with Gasteiger partial charge in [0.05, 0.1) is 39.6 Å². The summed E-state index contributed by atoms with van der Waals surface area (Å²) in [5.74, 6) is -2.05. The summed E-state index contributed by atoms with van der Waals surface area (Å²) < 4.78 is 32.2. The fourth-order valence-corrected chi connectivity index (χ4v) is 5.38. The van der Waals surface area contributed by atoms with E-state index in [0.717, 1.165) is 0 Å². The van der Waals surface area contributed by atoms with Gasteiger partial charge in [-0.25, -0.2) is 28.8 Å². The zero-order valence-corrected chi connectivity index (χ0v) is 37.7. The van der Waals surface area contributed by atoms with Crippen molar-refractivity contribution in [3.8, 4) is 0 Å². The van der Waals surface area contributed by atoms with E-state index in [1.807, 2.05) is 14.7 Å². The number of anilines is 3. The molecule has 0 saturated heterocycles. The van der Waals surface area contributed by atoms with Crippen LogP contribution >= 0.6 is 0 Å². The molecule has 0 saturated carbocycles. The molecule has 0 bridgehead atoms. The Labute approximate surface area is 371 Å². The summed E-state index contributed by atoms with van der Waals surface area (Å²) in [6, 6.07) is 0. The first kappa shape index (κ1) is 54.7. The summed E-state index contributed by atoms with van der Waals surface area (Å²) in [5.41, 5.74) is 0. The van der Waals surface area contributed by atoms with Crippen LogP contribution in [0.15, 0.2) is 72.9 Å². The molecule has 0 unspecified atom stereocenters. The molecule has 0 aliphatic rings. The van der Waals surface area contributed by atoms with Gasteiger partial charge in [-0.1, -0.05) is 36.5 Å². The molecule has 0 radical (unpaired) electrons. The van der Waals surface area contributed by atoms with E-state index in [-0.39, 0.29) is 57.5 Å². The Morgan fingerprint density at radius 1 is 0.333 bits per heavy atom. The topological polar surface area (TPSA) is 206 Å². The zero-order valence-electron chi connectivity index (χ0n) is 37.7. The van der Waals surface area contributed by atoms with Crippen LogP contribution in [-0.2, 0) is 57.2 Å². The third-order valence-electron chi connectivity index (χ3n) is 8.17. The lowest BCUT2D eigenvalue weighted by molar-refractivity contribution is -0.138. The number of hydrogen-bond acceptors (Lipinski definition) is 18. The highest BCUT2D eigenvalue weighted by Crippen LogP contribution is 2.22. The second-order valence-electron chi connectivity index (χ2n) is 13.3. The Morgan fingerprint density at radius 3 is 0.635 bits per heavy atom. The molecule has 0 aliphatic heterocycles. The van der Waals surface area contributed by atoms with Crippen molar-refractivity contribution in [2.24, 2.45) is 0 Å². The summed E-state index contributed by atoms with van der Waals surface area (Å²) in [4.78, 5) is 93.0. The van der Waals surface area contributed by atoms with Crippen LogP contribution in [0.5, 0.6) is 0 Å². The van der Waals surface area contributed by atoms with E-state index in [1.165, 1.54) is 36.5 Å². The van der Waals surface area contributed by atoms with Crippen molar-refractivity contribution in [1.82, 2.24) is 15.0 Å². The number of esters is 6. The molecule has 0 N–H and O–H groups in total. The number of carbonyl (C=O) groups is 6. The highest BCUT2D eigenvalue weighted by molar-refractivity contribution is 5.83. The molecule has 0 aliphatic carbocycles. The molecule has 0 amide bonds. The maximum atomic E-state index is 12.1. The van der Waals surface area contributed by atoms with Crippen molar-refractivity contribution in [1.29, 1.82) is 0 Å². The minimum atomic E-state index is -0.475. The minimum absolute atomic E-state index is 0.106. The molecule has 0 aromatic carbocycles. The van der Waals surface area contributed by atoms with Crippen LogP contribution < -0.4 is 14.7 Å². The standard InChI is InChI=1S/C45H66N6O12/c1-7-19-37(52)58-31-13-25-49(26-14-32-59-38(53)20-8-2)43-46-44(50(27-15-33-60-39(54)21-9-3)28-16-34-61-40(55)22-10-4)48-45(47-43)51(29-17-35-62-41(56)23-11-5)30-18-36-63-42(57)24-12-6/h7-12,19-24H,13-18,25-36H2,1-6H3. The molecule has 1 aromatic rings. The van der Waals surface area contributed by atoms with Gasteiger partial charge >= 0.3 is 35.8 Å². The highest BCUT2D eigenvalue weighted by atomic mass is 16.5. The van der Waals surface area contributed by atoms with Gasteiger partial charge in [-0.2, -0.15) is 15.0 Å². The molecular weight excluding hydrogens is 817 g/mol. The first-order valence-electron chi connectivity index (χ1n) is 21.3. The summed E-state index contributed by atoms with van der Waals surface area (Å²) in [6.45, 7) is 12.9. The molecule has 1 heterocycles. The van der Waals surface area contributed by atoms with Crippen molar-refractivity contribution >= 4 is 53.7 Å². The number of rotatable bonds is 33. The maximum absolute atomic E-state index is 12.1. The van der Waals surface area contributed by atoms with Crippen molar-refractivity contribution in [2.45, 2.75) is 80.1 Å². The summed E-state index contributed by atoms with van der Waals surface area (Å²) in [5, 5.41) is 0. The Hall–Kier alpha value is -6.33. The highest BCUT2D eigenvalue weighted by Gasteiger charge is 2.22. The quantitative estimate of drug-likeness (QED) is 0.0378. The van der Waals surface area contributed by atoms with Crippen LogP contribution in [0, 0.1) is 0 Å². The molecule has 0 fully saturated rings. The van der Waals surface area contributed by atoms with Crippen LogP contribution in [0.2, 0.25) is 0 Å². The number of allylic oxidation sites excluding steroid dienone is 6. The van der Waals surface area contributed by atoms with Crippen molar-refractivity contribution in [3.63, 3.8) is 0 Å². The monoisotopic (exact) mass is 882 g/mol. The Bertz CT molecular complexity index is 1420. The molecule has 348 valence electrons. The van der Waals surface area contributed by atoms with Crippen LogP contribution in [0.4, 0.5) is 17.8 Å². The summed E-state index contributed by atoms with van der Waals surface area (Å²) in [7, 11) is 0. The fourth-order valence-electron chi connectivity index (χ4n) is 5.38. The molecule has 63 heavy (non-hydrogen) atoms. The van der Waals surface area contributed by atoms with E-state index in [1.54, 1.807) is 78.0 Å². The predicted octanol–water partition coefficient (Wildman–Crippen LogP) is 5.35. The second-order valence-corrected chi connectivity index (χ2v) is 13.3. The van der Waals surface area contributed by atoms with Gasteiger partial charge in [0.2, 0.25) is 17.8 Å². The van der Waals surface area contributed by atoms with E-state index in [9.17, 15) is 28.8 Å². The molecule has 0 atom stereocenters. The van der Waals surface area contributed by atoms with E-state index in [4.69, 9.17) is 43.4 Å². The van der Waals surface area contributed by atoms with Gasteiger partial charge in [-0.15, -0.1) is 0 Å². The predicted molar refractivity (Wildman–Crippen MR) is 239 cm³/mol. The number of carbonyl (C=O) groups excluding carboxylic acids is 6. The lowest BCUT2D eigenvalue weighted by atomic mass is 10.3. The third-order valence-corrected chi connectivity index (χ3v) is 8.17. The maximum Gasteiger partial charge on any atom is 0.330 e. The number of nitrogens with zero attached hydrogens (tertiary/aromatic N) is 6. The van der Waals surface area contributed by atoms with Crippen LogP contribution in [-0.4, -0.2) is 130 Å². The lowest BCUT2D eigenvalue weighted by Crippen LogP contribution is -2.35. The molecule has 1 rings (SSSR count). The van der Waals surface area contributed by atoms with Gasteiger partial charge in [0.1, 0.15) is 0 Å². The van der Waals surface area contributed by atoms with Crippen LogP contribution in [0.1, 0.15) is 80.1 Å². The largest absolute Gasteiger partial charge is 0.462 e. The van der Waals surface area contributed by atoms with Crippen LogP contribution in [0.3, 0.4) is 0 Å². The smallest absolute Gasteiger partial charge is 0.330 e. The van der Waals surface area contributed by atoms with Crippen molar-refractivity contribution < 1.29 is 57.2 Å². The van der Waals surface area contributed by atoms with E-state index >= 15 is 0 Å². The SMILES string of the molecule is CC=CC(=O)OCCCN(CCCOC(=O)C=CC)c1nc(N(CCCOC(=O)C=CC)CCCOC(=O)C=CC)nc(N(CCCOC(=O)C=CC)CCCOC(=O)C=CC)n1. The summed E-state index contributed by atoms with van der Waals surface area (Å²) >= 11 is 0. The van der Waals surface area contributed by atoms with Gasteiger partial charge < -0.3 is 43.1 Å². The summed E-state index contributed by atoms with van der Waals surface area (Å²) in [6.07, 6.45) is 19.9. The van der Waals surface area contributed by atoms with E-state index in [0.29, 0.717) is 77.8 Å². The minimum Gasteiger partial charge on any atom is -0.462 e. The Balaban J connectivity index is 3.81. The van der Waals surface area contributed by atoms with Gasteiger partial charge in [0.25, 0.3) is 0 Å². The first-order valence-corrected chi connectivity index (χ1v) is 21.3. The molecule has 18 heteroatoms. The molecule has 0 spiro atoms. The van der Waals surface area contributed by atoms with Gasteiger partial charge in [0.15, 0.2) is 0 Å². The fraction of sp³-hybridized carbons (Fsp3) is 0.533. The van der Waals surface area contributed by atoms with Crippen molar-refractivity contribution in [3.05, 3.63) is 72.9 Å². The first-order chi connectivity index (χ1) is 30.5. The lowest BCUT2D eigenvalue weighted by Gasteiger charge is -2.29.